The summed E-state index contributed by atoms with van der Waals surface area (Å²) in [5, 5.41) is 23.1. The van der Waals surface area contributed by atoms with Crippen molar-refractivity contribution in [1.29, 1.82) is 0 Å². The molecule has 3 aromatic heterocycles. The maximum absolute atomic E-state index is 13.6. The van der Waals surface area contributed by atoms with Crippen molar-refractivity contribution in [3.05, 3.63) is 63.5 Å². The van der Waals surface area contributed by atoms with E-state index in [0.717, 1.165) is 12.8 Å². The molecule has 0 radical (unpaired) electrons. The van der Waals surface area contributed by atoms with Crippen LogP contribution in [0.3, 0.4) is 0 Å². The minimum Gasteiger partial charge on any atom is -0.392 e. The lowest BCUT2D eigenvalue weighted by Crippen LogP contribution is -2.41. The Labute approximate surface area is 219 Å². The first kappa shape index (κ1) is 24.6. The summed E-state index contributed by atoms with van der Waals surface area (Å²) < 4.78 is 3.46. The fraction of sp³-hybridized carbons (Fsp3) is 0.429. The molecule has 2 aliphatic carbocycles. The molecule has 3 aliphatic rings. The number of carbonyl (C=O) groups is 2. The molecule has 0 atom stereocenters. The Morgan fingerprint density at radius 1 is 1.16 bits per heavy atom. The van der Waals surface area contributed by atoms with Gasteiger partial charge in [0.15, 0.2) is 0 Å². The van der Waals surface area contributed by atoms with Crippen LogP contribution in [0.1, 0.15) is 54.0 Å². The van der Waals surface area contributed by atoms with Gasteiger partial charge >= 0.3 is 0 Å². The molecule has 0 spiro atoms. The zero-order valence-electron chi connectivity index (χ0n) is 21.7. The number of rotatable bonds is 5. The fourth-order valence-electron chi connectivity index (χ4n) is 5.79. The Balaban J connectivity index is 1.37. The van der Waals surface area contributed by atoms with Crippen molar-refractivity contribution in [2.45, 2.75) is 58.3 Å². The van der Waals surface area contributed by atoms with E-state index in [9.17, 15) is 24.6 Å². The third-order valence-corrected chi connectivity index (χ3v) is 7.96. The van der Waals surface area contributed by atoms with Gasteiger partial charge in [-0.3, -0.25) is 19.3 Å². The number of hydrogen-bond acceptors (Lipinski definition) is 6. The van der Waals surface area contributed by atoms with Gasteiger partial charge in [0.2, 0.25) is 0 Å². The molecule has 2 amide bonds. The maximum atomic E-state index is 13.6. The second kappa shape index (κ2) is 8.37. The molecular formula is C28H31N5O5. The van der Waals surface area contributed by atoms with E-state index >= 15 is 0 Å². The summed E-state index contributed by atoms with van der Waals surface area (Å²) in [6, 6.07) is 5.24. The van der Waals surface area contributed by atoms with E-state index in [2.05, 4.69) is 28.7 Å². The average molecular weight is 518 g/mol. The first-order valence-corrected chi connectivity index (χ1v) is 12.9. The van der Waals surface area contributed by atoms with E-state index in [1.54, 1.807) is 30.4 Å². The highest BCUT2D eigenvalue weighted by Crippen LogP contribution is 2.40. The lowest BCUT2D eigenvalue weighted by atomic mass is 9.90. The molecule has 10 nitrogen and oxygen atoms in total. The van der Waals surface area contributed by atoms with Gasteiger partial charge in [0.05, 0.1) is 6.61 Å². The van der Waals surface area contributed by atoms with Crippen LogP contribution in [0.5, 0.6) is 0 Å². The molecule has 1 fully saturated rings. The highest BCUT2D eigenvalue weighted by atomic mass is 16.3. The van der Waals surface area contributed by atoms with E-state index in [0.29, 0.717) is 54.1 Å². The van der Waals surface area contributed by atoms with Crippen LogP contribution in [0.2, 0.25) is 0 Å². The number of aliphatic hydroxyl groups excluding tert-OH is 1. The van der Waals surface area contributed by atoms with Crippen molar-refractivity contribution in [3.63, 3.8) is 0 Å². The topological polar surface area (TPSA) is 130 Å². The number of carbonyl (C=O) groups excluding carboxylic acids is 2. The number of fused-ring (bicyclic) bond motifs is 3. The van der Waals surface area contributed by atoms with Crippen LogP contribution < -0.4 is 15.8 Å². The number of nitrogens with zero attached hydrogens (tertiary/aromatic N) is 4. The zero-order chi connectivity index (χ0) is 27.0. The average Bonchev–Trinajstić information content (AvgIpc) is 3.44. The molecule has 1 aliphatic heterocycles. The van der Waals surface area contributed by atoms with Crippen LogP contribution in [0.4, 0.5) is 11.5 Å². The summed E-state index contributed by atoms with van der Waals surface area (Å²) in [5.41, 5.74) is 3.07. The number of anilines is 2. The van der Waals surface area contributed by atoms with Crippen LogP contribution in [-0.2, 0) is 37.8 Å². The normalized spacial score (nSPS) is 18.8. The number of aromatic nitrogens is 3. The summed E-state index contributed by atoms with van der Waals surface area (Å²) in [7, 11) is 1.57. The van der Waals surface area contributed by atoms with Gasteiger partial charge in [0.1, 0.15) is 22.8 Å². The molecule has 38 heavy (non-hydrogen) atoms. The van der Waals surface area contributed by atoms with Crippen molar-refractivity contribution >= 4 is 23.3 Å². The van der Waals surface area contributed by atoms with Crippen LogP contribution in [0.15, 0.2) is 35.4 Å². The Morgan fingerprint density at radius 2 is 1.92 bits per heavy atom. The van der Waals surface area contributed by atoms with Gasteiger partial charge in [-0.1, -0.05) is 13.8 Å². The van der Waals surface area contributed by atoms with E-state index in [1.165, 1.54) is 21.9 Å². The minimum absolute atomic E-state index is 0.0295. The third-order valence-electron chi connectivity index (χ3n) is 7.96. The molecular weight excluding hydrogens is 486 g/mol. The van der Waals surface area contributed by atoms with E-state index in [4.69, 9.17) is 0 Å². The van der Waals surface area contributed by atoms with Crippen molar-refractivity contribution in [2.75, 3.05) is 16.8 Å². The SMILES string of the molecule is Cn1cc(-c2ccnc(N3CCn4c(cc5c4CC(C)(C)C5)C3=O)c2CO)cc(NC(=O)C2(O)CC2)c1=O. The molecule has 4 heterocycles. The summed E-state index contributed by atoms with van der Waals surface area (Å²) in [4.78, 5) is 44.9. The minimum atomic E-state index is -1.43. The van der Waals surface area contributed by atoms with Gasteiger partial charge in [-0.05, 0) is 60.4 Å². The van der Waals surface area contributed by atoms with Crippen molar-refractivity contribution in [3.8, 4) is 11.1 Å². The van der Waals surface area contributed by atoms with Crippen molar-refractivity contribution in [2.24, 2.45) is 12.5 Å². The Kier molecular flexibility index (Phi) is 5.41. The predicted octanol–water partition coefficient (Wildman–Crippen LogP) is 1.99. The zero-order valence-corrected chi connectivity index (χ0v) is 21.7. The quantitative estimate of drug-likeness (QED) is 0.475. The van der Waals surface area contributed by atoms with Crippen LogP contribution in [-0.4, -0.2) is 48.3 Å². The molecule has 0 aromatic carbocycles. The summed E-state index contributed by atoms with van der Waals surface area (Å²) in [5.74, 6) is -0.398. The molecule has 0 bridgehead atoms. The lowest BCUT2D eigenvalue weighted by Gasteiger charge is -2.31. The van der Waals surface area contributed by atoms with Gasteiger partial charge < -0.3 is 24.7 Å². The monoisotopic (exact) mass is 517 g/mol. The fourth-order valence-corrected chi connectivity index (χ4v) is 5.79. The number of amides is 2. The molecule has 0 saturated heterocycles. The predicted molar refractivity (Wildman–Crippen MR) is 141 cm³/mol. The van der Waals surface area contributed by atoms with Gasteiger partial charge in [-0.2, -0.15) is 0 Å². The largest absolute Gasteiger partial charge is 0.392 e. The van der Waals surface area contributed by atoms with Crippen LogP contribution in [0.25, 0.3) is 11.1 Å². The lowest BCUT2D eigenvalue weighted by molar-refractivity contribution is -0.125. The van der Waals surface area contributed by atoms with Crippen LogP contribution >= 0.6 is 0 Å². The Bertz CT molecular complexity index is 1560. The van der Waals surface area contributed by atoms with Gasteiger partial charge in [-0.25, -0.2) is 4.98 Å². The number of pyridine rings is 2. The second-order valence-electron chi connectivity index (χ2n) is 11.5. The number of aliphatic hydroxyl groups is 2. The van der Waals surface area contributed by atoms with Crippen molar-refractivity contribution < 1.29 is 19.8 Å². The second-order valence-corrected chi connectivity index (χ2v) is 11.5. The maximum Gasteiger partial charge on any atom is 0.276 e. The Morgan fingerprint density at radius 3 is 2.63 bits per heavy atom. The molecule has 3 N–H and O–H groups in total. The number of aryl methyl sites for hydroxylation is 1. The van der Waals surface area contributed by atoms with E-state index in [-0.39, 0.29) is 23.6 Å². The van der Waals surface area contributed by atoms with E-state index < -0.39 is 17.1 Å². The van der Waals surface area contributed by atoms with Gasteiger partial charge in [0.25, 0.3) is 17.4 Å². The van der Waals surface area contributed by atoms with E-state index in [1.807, 2.05) is 6.07 Å². The highest BCUT2D eigenvalue weighted by molar-refractivity contribution is 6.06. The molecule has 198 valence electrons. The highest BCUT2D eigenvalue weighted by Gasteiger charge is 2.48. The van der Waals surface area contributed by atoms with Crippen LogP contribution in [0, 0.1) is 5.41 Å². The van der Waals surface area contributed by atoms with Crippen molar-refractivity contribution in [1.82, 2.24) is 14.1 Å². The summed E-state index contributed by atoms with van der Waals surface area (Å²) >= 11 is 0. The Hall–Kier alpha value is -3.76. The third kappa shape index (κ3) is 3.86. The molecule has 1 saturated carbocycles. The number of hydrogen-bond donors (Lipinski definition) is 3. The smallest absolute Gasteiger partial charge is 0.276 e. The molecule has 10 heteroatoms. The first-order chi connectivity index (χ1) is 18.0. The molecule has 0 unspecified atom stereocenters. The molecule has 3 aromatic rings. The summed E-state index contributed by atoms with van der Waals surface area (Å²) in [6.45, 7) is 5.16. The van der Waals surface area contributed by atoms with Gasteiger partial charge in [0, 0.05) is 49.4 Å². The first-order valence-electron chi connectivity index (χ1n) is 12.9. The van der Waals surface area contributed by atoms with Gasteiger partial charge in [-0.15, -0.1) is 0 Å². The molecule has 6 rings (SSSR count). The summed E-state index contributed by atoms with van der Waals surface area (Å²) in [6.07, 6.45) is 5.77. The number of nitrogens with one attached hydrogen (secondary N) is 1. The standard InChI is InChI=1S/C28H31N5O5/c1-27(2)12-16-11-21-25(36)33(9-8-32(21)22(16)13-27)23-19(15-34)18(4-7-29-23)17-10-20(24(35)31(3)14-17)30-26(37)28(38)5-6-28/h4,7,10-11,14,34,38H,5-6,8-9,12-13,15H2,1-3H3,(H,30,37).